The molecule has 22 heavy (non-hydrogen) atoms. The van der Waals surface area contributed by atoms with E-state index < -0.39 is 11.9 Å². The molecule has 0 saturated heterocycles. The van der Waals surface area contributed by atoms with E-state index in [1.54, 1.807) is 0 Å². The molecule has 0 radical (unpaired) electrons. The molecule has 2 N–H and O–H groups in total. The number of carbonyl (C=O) groups excluding carboxylic acids is 1. The molecule has 2 rings (SSSR count). The number of amides is 1. The highest BCUT2D eigenvalue weighted by Gasteiger charge is 2.11. The maximum atomic E-state index is 12.8. The smallest absolute Gasteiger partial charge is 0.337 e. The standard InChI is InChI=1S/C16H11ClFNO3/c17-11-4-7-13(16(21)22)14(9-11)19-15(20)8-3-10-1-5-12(18)6-2-10/h1-9H,(H,19,20)(H,21,22)/b8-3+. The van der Waals surface area contributed by atoms with Gasteiger partial charge in [0.15, 0.2) is 0 Å². The first-order chi connectivity index (χ1) is 10.5. The zero-order valence-electron chi connectivity index (χ0n) is 11.2. The van der Waals surface area contributed by atoms with Crippen LogP contribution in [0.3, 0.4) is 0 Å². The van der Waals surface area contributed by atoms with Gasteiger partial charge in [-0.1, -0.05) is 23.7 Å². The number of hydrogen-bond acceptors (Lipinski definition) is 2. The van der Waals surface area contributed by atoms with Gasteiger partial charge < -0.3 is 10.4 Å². The summed E-state index contributed by atoms with van der Waals surface area (Å²) in [6.07, 6.45) is 2.71. The summed E-state index contributed by atoms with van der Waals surface area (Å²) < 4.78 is 12.8. The van der Waals surface area contributed by atoms with Crippen LogP contribution in [0.5, 0.6) is 0 Å². The van der Waals surface area contributed by atoms with Gasteiger partial charge in [-0.15, -0.1) is 0 Å². The Morgan fingerprint density at radius 3 is 2.45 bits per heavy atom. The summed E-state index contributed by atoms with van der Waals surface area (Å²) in [5, 5.41) is 11.8. The van der Waals surface area contributed by atoms with Crippen LogP contribution in [0.4, 0.5) is 10.1 Å². The minimum absolute atomic E-state index is 0.0621. The summed E-state index contributed by atoms with van der Waals surface area (Å²) >= 11 is 5.79. The predicted octanol–water partition coefficient (Wildman–Crippen LogP) is 3.83. The summed E-state index contributed by atoms with van der Waals surface area (Å²) in [7, 11) is 0. The van der Waals surface area contributed by atoms with Crippen LogP contribution in [-0.2, 0) is 4.79 Å². The van der Waals surface area contributed by atoms with Crippen molar-refractivity contribution in [2.75, 3.05) is 5.32 Å². The number of carboxylic acids is 1. The fourth-order valence-electron chi connectivity index (χ4n) is 1.73. The molecule has 6 heteroatoms. The molecular formula is C16H11ClFNO3. The average molecular weight is 320 g/mol. The zero-order chi connectivity index (χ0) is 16.1. The van der Waals surface area contributed by atoms with Crippen molar-refractivity contribution >= 4 is 35.2 Å². The van der Waals surface area contributed by atoms with Gasteiger partial charge in [-0.05, 0) is 42.0 Å². The number of rotatable bonds is 4. The highest BCUT2D eigenvalue weighted by Crippen LogP contribution is 2.21. The first-order valence-corrected chi connectivity index (χ1v) is 6.61. The van der Waals surface area contributed by atoms with Gasteiger partial charge in [0.2, 0.25) is 5.91 Å². The number of halogens is 2. The minimum Gasteiger partial charge on any atom is -0.478 e. The van der Waals surface area contributed by atoms with Gasteiger partial charge in [0, 0.05) is 11.1 Å². The van der Waals surface area contributed by atoms with E-state index in [-0.39, 0.29) is 17.1 Å². The van der Waals surface area contributed by atoms with Crippen molar-refractivity contribution in [3.63, 3.8) is 0 Å². The van der Waals surface area contributed by atoms with Gasteiger partial charge in [0.25, 0.3) is 0 Å². The van der Waals surface area contributed by atoms with Crippen molar-refractivity contribution < 1.29 is 19.1 Å². The summed E-state index contributed by atoms with van der Waals surface area (Å²) in [4.78, 5) is 22.9. The topological polar surface area (TPSA) is 66.4 Å². The van der Waals surface area contributed by atoms with Crippen molar-refractivity contribution in [1.82, 2.24) is 0 Å². The lowest BCUT2D eigenvalue weighted by atomic mass is 10.1. The van der Waals surface area contributed by atoms with E-state index in [2.05, 4.69) is 5.32 Å². The molecule has 4 nitrogen and oxygen atoms in total. The van der Waals surface area contributed by atoms with Gasteiger partial charge in [0.05, 0.1) is 11.3 Å². The minimum atomic E-state index is -1.17. The average Bonchev–Trinajstić information content (AvgIpc) is 2.46. The van der Waals surface area contributed by atoms with Crippen molar-refractivity contribution in [2.24, 2.45) is 0 Å². The summed E-state index contributed by atoms with van der Waals surface area (Å²) in [5.74, 6) is -2.06. The lowest BCUT2D eigenvalue weighted by molar-refractivity contribution is -0.111. The maximum absolute atomic E-state index is 12.8. The van der Waals surface area contributed by atoms with Crippen molar-refractivity contribution in [2.45, 2.75) is 0 Å². The highest BCUT2D eigenvalue weighted by molar-refractivity contribution is 6.31. The fraction of sp³-hybridized carbons (Fsp3) is 0. The molecule has 0 atom stereocenters. The van der Waals surface area contributed by atoms with E-state index in [9.17, 15) is 14.0 Å². The third kappa shape index (κ3) is 4.17. The molecule has 0 saturated carbocycles. The molecule has 0 unspecified atom stereocenters. The third-order valence-electron chi connectivity index (χ3n) is 2.77. The molecule has 0 fully saturated rings. The van der Waals surface area contributed by atoms with Crippen molar-refractivity contribution in [1.29, 1.82) is 0 Å². The second-order valence-corrected chi connectivity index (χ2v) is 4.81. The van der Waals surface area contributed by atoms with Crippen LogP contribution in [0, 0.1) is 5.82 Å². The number of carboxylic acid groups (broad SMARTS) is 1. The molecule has 2 aromatic carbocycles. The van der Waals surface area contributed by atoms with Crippen LogP contribution in [-0.4, -0.2) is 17.0 Å². The molecule has 0 spiro atoms. The molecule has 0 aromatic heterocycles. The molecule has 0 bridgehead atoms. The summed E-state index contributed by atoms with van der Waals surface area (Å²) in [6.45, 7) is 0. The van der Waals surface area contributed by atoms with Gasteiger partial charge in [-0.25, -0.2) is 9.18 Å². The largest absolute Gasteiger partial charge is 0.478 e. The molecule has 112 valence electrons. The van der Waals surface area contributed by atoms with Crippen LogP contribution < -0.4 is 5.32 Å². The Balaban J connectivity index is 2.13. The van der Waals surface area contributed by atoms with Crippen molar-refractivity contribution in [3.8, 4) is 0 Å². The number of benzene rings is 2. The third-order valence-corrected chi connectivity index (χ3v) is 3.00. The Labute approximate surface area is 130 Å². The maximum Gasteiger partial charge on any atom is 0.337 e. The van der Waals surface area contributed by atoms with Crippen LogP contribution in [0.2, 0.25) is 5.02 Å². The van der Waals surface area contributed by atoms with Crippen molar-refractivity contribution in [3.05, 3.63) is 70.5 Å². The summed E-state index contributed by atoms with van der Waals surface area (Å²) in [6, 6.07) is 9.67. The van der Waals surface area contributed by atoms with Gasteiger partial charge >= 0.3 is 5.97 Å². The Kier molecular flexibility index (Phi) is 4.91. The zero-order valence-corrected chi connectivity index (χ0v) is 12.0. The predicted molar refractivity (Wildman–Crippen MR) is 82.5 cm³/mol. The Morgan fingerprint density at radius 2 is 1.82 bits per heavy atom. The second kappa shape index (κ2) is 6.87. The Bertz CT molecular complexity index is 742. The Morgan fingerprint density at radius 1 is 1.14 bits per heavy atom. The SMILES string of the molecule is O=C(/C=C/c1ccc(F)cc1)Nc1cc(Cl)ccc1C(=O)O. The number of carbonyl (C=O) groups is 2. The van der Waals surface area contributed by atoms with E-state index in [4.69, 9.17) is 16.7 Å². The van der Waals surface area contributed by atoms with E-state index >= 15 is 0 Å². The molecule has 0 aliphatic carbocycles. The summed E-state index contributed by atoms with van der Waals surface area (Å²) in [5.41, 5.74) is 0.683. The van der Waals surface area contributed by atoms with Gasteiger partial charge in [0.1, 0.15) is 5.82 Å². The molecule has 2 aromatic rings. The number of aromatic carboxylic acids is 1. The van der Waals surface area contributed by atoms with Gasteiger partial charge in [-0.3, -0.25) is 4.79 Å². The van der Waals surface area contributed by atoms with Crippen LogP contribution >= 0.6 is 11.6 Å². The fourth-order valence-corrected chi connectivity index (χ4v) is 1.90. The number of nitrogens with one attached hydrogen (secondary N) is 1. The van der Waals surface area contributed by atoms with E-state index in [1.165, 1.54) is 54.6 Å². The molecule has 0 aliphatic rings. The second-order valence-electron chi connectivity index (χ2n) is 4.37. The Hall–Kier alpha value is -2.66. The van der Waals surface area contributed by atoms with E-state index in [1.807, 2.05) is 0 Å². The van der Waals surface area contributed by atoms with Gasteiger partial charge in [-0.2, -0.15) is 0 Å². The number of anilines is 1. The monoisotopic (exact) mass is 319 g/mol. The molecule has 1 amide bonds. The molecule has 0 heterocycles. The van der Waals surface area contributed by atoms with E-state index in [0.717, 1.165) is 0 Å². The quantitative estimate of drug-likeness (QED) is 0.842. The first kappa shape index (κ1) is 15.7. The van der Waals surface area contributed by atoms with Crippen LogP contribution in [0.1, 0.15) is 15.9 Å². The van der Waals surface area contributed by atoms with E-state index in [0.29, 0.717) is 10.6 Å². The lowest BCUT2D eigenvalue weighted by Crippen LogP contribution is -2.12. The lowest BCUT2D eigenvalue weighted by Gasteiger charge is -2.07. The first-order valence-electron chi connectivity index (χ1n) is 6.23. The normalized spacial score (nSPS) is 10.6. The van der Waals surface area contributed by atoms with Crippen LogP contribution in [0.25, 0.3) is 6.08 Å². The number of hydrogen-bond donors (Lipinski definition) is 2. The highest BCUT2D eigenvalue weighted by atomic mass is 35.5. The van der Waals surface area contributed by atoms with Crippen LogP contribution in [0.15, 0.2) is 48.5 Å². The molecular weight excluding hydrogens is 309 g/mol. The molecule has 0 aliphatic heterocycles.